The average Bonchev–Trinajstić information content (AvgIpc) is 2.16. The number of benzene rings is 1. The number of hydrogen-bond acceptors (Lipinski definition) is 3. The maximum atomic E-state index is 10.5. The summed E-state index contributed by atoms with van der Waals surface area (Å²) in [6.45, 7) is 7.25. The van der Waals surface area contributed by atoms with Gasteiger partial charge in [0.2, 0.25) is 0 Å². The van der Waals surface area contributed by atoms with Crippen LogP contribution in [-0.2, 0) is 5.60 Å². The fraction of sp³-hybridized carbons (Fsp3) is 0.333. The van der Waals surface area contributed by atoms with Gasteiger partial charge < -0.3 is 5.11 Å². The van der Waals surface area contributed by atoms with Crippen molar-refractivity contribution in [1.29, 1.82) is 0 Å². The van der Waals surface area contributed by atoms with Gasteiger partial charge in [0.15, 0.2) is 0 Å². The third-order valence-corrected chi connectivity index (χ3v) is 2.35. The van der Waals surface area contributed by atoms with E-state index in [4.69, 9.17) is 0 Å². The minimum Gasteiger partial charge on any atom is -0.385 e. The van der Waals surface area contributed by atoms with Crippen LogP contribution in [0, 0.1) is 10.1 Å². The molecule has 0 unspecified atom stereocenters. The van der Waals surface area contributed by atoms with Gasteiger partial charge in [0.1, 0.15) is 0 Å². The smallest absolute Gasteiger partial charge is 0.269 e. The molecule has 0 aliphatic rings. The van der Waals surface area contributed by atoms with Gasteiger partial charge in [-0.3, -0.25) is 10.1 Å². The second kappa shape index (κ2) is 4.45. The molecule has 0 aliphatic heterocycles. The average molecular weight is 221 g/mol. The number of rotatable bonds is 4. The van der Waals surface area contributed by atoms with E-state index >= 15 is 0 Å². The SMILES string of the molecule is C=C(C)C[C@@](C)(O)c1ccc([N+](=O)[O-])cc1. The Balaban J connectivity index is 2.96. The summed E-state index contributed by atoms with van der Waals surface area (Å²) in [6.07, 6.45) is 0.435. The van der Waals surface area contributed by atoms with Gasteiger partial charge in [-0.1, -0.05) is 5.57 Å². The van der Waals surface area contributed by atoms with Crippen LogP contribution < -0.4 is 0 Å². The second-order valence-electron chi connectivity index (χ2n) is 4.21. The fourth-order valence-electron chi connectivity index (χ4n) is 1.63. The lowest BCUT2D eigenvalue weighted by atomic mass is 9.90. The van der Waals surface area contributed by atoms with Gasteiger partial charge in [-0.15, -0.1) is 6.58 Å². The van der Waals surface area contributed by atoms with E-state index in [1.165, 1.54) is 12.1 Å². The summed E-state index contributed by atoms with van der Waals surface area (Å²) in [5, 5.41) is 20.6. The highest BCUT2D eigenvalue weighted by Gasteiger charge is 2.23. The van der Waals surface area contributed by atoms with Crippen molar-refractivity contribution in [1.82, 2.24) is 0 Å². The first-order valence-corrected chi connectivity index (χ1v) is 4.94. The molecular weight excluding hydrogens is 206 g/mol. The summed E-state index contributed by atoms with van der Waals surface area (Å²) < 4.78 is 0. The van der Waals surface area contributed by atoms with Crippen LogP contribution >= 0.6 is 0 Å². The van der Waals surface area contributed by atoms with Gasteiger partial charge >= 0.3 is 0 Å². The third kappa shape index (κ3) is 2.90. The Bertz CT molecular complexity index is 407. The number of nitro benzene ring substituents is 1. The molecule has 0 amide bonds. The van der Waals surface area contributed by atoms with E-state index in [2.05, 4.69) is 6.58 Å². The molecule has 16 heavy (non-hydrogen) atoms. The molecule has 0 fully saturated rings. The molecule has 1 N–H and O–H groups in total. The molecule has 4 heteroatoms. The summed E-state index contributed by atoms with van der Waals surface area (Å²) in [6, 6.07) is 5.92. The monoisotopic (exact) mass is 221 g/mol. The Hall–Kier alpha value is -1.68. The Labute approximate surface area is 94.4 Å². The van der Waals surface area contributed by atoms with Crippen LogP contribution in [0.5, 0.6) is 0 Å². The van der Waals surface area contributed by atoms with Gasteiger partial charge in [-0.05, 0) is 31.5 Å². The maximum absolute atomic E-state index is 10.5. The van der Waals surface area contributed by atoms with Crippen LogP contribution in [0.3, 0.4) is 0 Å². The van der Waals surface area contributed by atoms with Crippen molar-refractivity contribution in [2.75, 3.05) is 0 Å². The topological polar surface area (TPSA) is 63.4 Å². The number of aliphatic hydroxyl groups is 1. The summed E-state index contributed by atoms with van der Waals surface area (Å²) in [5.41, 5.74) is 0.514. The van der Waals surface area contributed by atoms with Crippen molar-refractivity contribution >= 4 is 5.69 Å². The molecule has 0 aromatic heterocycles. The Morgan fingerprint density at radius 2 is 2.00 bits per heavy atom. The van der Waals surface area contributed by atoms with E-state index in [9.17, 15) is 15.2 Å². The van der Waals surface area contributed by atoms with Crippen LogP contribution in [0.1, 0.15) is 25.8 Å². The highest BCUT2D eigenvalue weighted by Crippen LogP contribution is 2.28. The first kappa shape index (κ1) is 12.4. The lowest BCUT2D eigenvalue weighted by Gasteiger charge is -2.23. The van der Waals surface area contributed by atoms with E-state index in [1.54, 1.807) is 19.1 Å². The van der Waals surface area contributed by atoms with Crippen LogP contribution in [0.15, 0.2) is 36.4 Å². The van der Waals surface area contributed by atoms with E-state index in [-0.39, 0.29) is 5.69 Å². The van der Waals surface area contributed by atoms with Crippen molar-refractivity contribution in [2.24, 2.45) is 0 Å². The third-order valence-electron chi connectivity index (χ3n) is 2.35. The number of nitro groups is 1. The van der Waals surface area contributed by atoms with Crippen LogP contribution in [-0.4, -0.2) is 10.0 Å². The highest BCUT2D eigenvalue weighted by atomic mass is 16.6. The zero-order valence-electron chi connectivity index (χ0n) is 9.43. The molecule has 0 spiro atoms. The summed E-state index contributed by atoms with van der Waals surface area (Å²) in [7, 11) is 0. The van der Waals surface area contributed by atoms with Gasteiger partial charge in [-0.25, -0.2) is 0 Å². The number of nitrogens with zero attached hydrogens (tertiary/aromatic N) is 1. The second-order valence-corrected chi connectivity index (χ2v) is 4.21. The molecule has 1 aromatic rings. The summed E-state index contributed by atoms with van der Waals surface area (Å²) in [4.78, 5) is 10.0. The van der Waals surface area contributed by atoms with Crippen molar-refractivity contribution in [3.8, 4) is 0 Å². The molecule has 1 rings (SSSR count). The quantitative estimate of drug-likeness (QED) is 0.483. The maximum Gasteiger partial charge on any atom is 0.269 e. The fourth-order valence-corrected chi connectivity index (χ4v) is 1.63. The van der Waals surface area contributed by atoms with E-state index in [0.29, 0.717) is 12.0 Å². The van der Waals surface area contributed by atoms with Crippen molar-refractivity contribution < 1.29 is 10.0 Å². The Kier molecular flexibility index (Phi) is 3.44. The Morgan fingerprint density at radius 3 is 2.38 bits per heavy atom. The highest BCUT2D eigenvalue weighted by molar-refractivity contribution is 5.35. The van der Waals surface area contributed by atoms with E-state index in [1.807, 2.05) is 6.92 Å². The molecule has 0 bridgehead atoms. The van der Waals surface area contributed by atoms with Crippen molar-refractivity contribution in [2.45, 2.75) is 25.9 Å². The molecule has 0 saturated carbocycles. The first-order chi connectivity index (χ1) is 7.33. The van der Waals surface area contributed by atoms with Crippen molar-refractivity contribution in [3.63, 3.8) is 0 Å². The minimum atomic E-state index is -1.03. The van der Waals surface area contributed by atoms with Crippen molar-refractivity contribution in [3.05, 3.63) is 52.1 Å². The van der Waals surface area contributed by atoms with Crippen LogP contribution in [0.4, 0.5) is 5.69 Å². The summed E-state index contributed by atoms with van der Waals surface area (Å²) >= 11 is 0. The molecule has 86 valence electrons. The lowest BCUT2D eigenvalue weighted by Crippen LogP contribution is -2.21. The molecule has 1 atom stereocenters. The molecule has 0 saturated heterocycles. The molecule has 0 radical (unpaired) electrons. The predicted octanol–water partition coefficient (Wildman–Crippen LogP) is 2.77. The van der Waals surface area contributed by atoms with E-state index in [0.717, 1.165) is 5.57 Å². The lowest BCUT2D eigenvalue weighted by molar-refractivity contribution is -0.384. The van der Waals surface area contributed by atoms with Gasteiger partial charge in [0.05, 0.1) is 10.5 Å². The molecule has 0 heterocycles. The van der Waals surface area contributed by atoms with E-state index < -0.39 is 10.5 Å². The number of non-ortho nitro benzene ring substituents is 1. The predicted molar refractivity (Wildman–Crippen MR) is 62.1 cm³/mol. The van der Waals surface area contributed by atoms with Gasteiger partial charge in [0.25, 0.3) is 5.69 Å². The summed E-state index contributed by atoms with van der Waals surface area (Å²) in [5.74, 6) is 0. The molecule has 1 aromatic carbocycles. The van der Waals surface area contributed by atoms with Crippen LogP contribution in [0.25, 0.3) is 0 Å². The van der Waals surface area contributed by atoms with Gasteiger partial charge in [0, 0.05) is 18.6 Å². The molecule has 0 aliphatic carbocycles. The zero-order valence-corrected chi connectivity index (χ0v) is 9.43. The minimum absolute atomic E-state index is 0.0230. The Morgan fingerprint density at radius 1 is 1.50 bits per heavy atom. The number of hydrogen-bond donors (Lipinski definition) is 1. The standard InChI is InChI=1S/C12H15NO3/c1-9(2)8-12(3,14)10-4-6-11(7-5-10)13(15)16/h4-7,14H,1,8H2,2-3H3/t12-/m1/s1. The van der Waals surface area contributed by atoms with Gasteiger partial charge in [-0.2, -0.15) is 0 Å². The zero-order chi connectivity index (χ0) is 12.3. The largest absolute Gasteiger partial charge is 0.385 e. The molecular formula is C12H15NO3. The van der Waals surface area contributed by atoms with Crippen LogP contribution in [0.2, 0.25) is 0 Å². The normalized spacial score (nSPS) is 14.2. The molecule has 4 nitrogen and oxygen atoms in total. The first-order valence-electron chi connectivity index (χ1n) is 4.94.